The number of hydrogen-bond acceptors (Lipinski definition) is 3. The Kier molecular flexibility index (Phi) is 2.91. The minimum Gasteiger partial charge on any atom is -0.497 e. The molecule has 0 aliphatic rings. The van der Waals surface area contributed by atoms with E-state index in [0.29, 0.717) is 0 Å². The number of halogens is 1. The summed E-state index contributed by atoms with van der Waals surface area (Å²) in [7, 11) is 2.62. The van der Waals surface area contributed by atoms with E-state index in [-0.39, 0.29) is 11.5 Å². The first-order valence-electron chi connectivity index (χ1n) is 3.75. The van der Waals surface area contributed by atoms with Crippen molar-refractivity contribution in [1.29, 1.82) is 0 Å². The second-order valence-electron chi connectivity index (χ2n) is 2.49. The van der Waals surface area contributed by atoms with Crippen LogP contribution in [0, 0.1) is 5.82 Å². The van der Waals surface area contributed by atoms with Gasteiger partial charge in [-0.25, -0.2) is 9.18 Å². The Bertz CT molecular complexity index is 362. The van der Waals surface area contributed by atoms with Crippen molar-refractivity contribution in [2.45, 2.75) is 0 Å². The van der Waals surface area contributed by atoms with Crippen molar-refractivity contribution in [3.8, 4) is 11.5 Å². The molecule has 0 aliphatic heterocycles. The predicted octanol–water partition coefficient (Wildman–Crippen LogP) is 1.54. The topological polar surface area (TPSA) is 55.8 Å². The lowest BCUT2D eigenvalue weighted by molar-refractivity contribution is 0.0688. The third-order valence-corrected chi connectivity index (χ3v) is 1.70. The average Bonchev–Trinajstić information content (AvgIpc) is 2.15. The molecule has 0 radical (unpaired) electrons. The van der Waals surface area contributed by atoms with Crippen LogP contribution in [-0.2, 0) is 0 Å². The zero-order valence-electron chi connectivity index (χ0n) is 7.70. The van der Waals surface area contributed by atoms with Gasteiger partial charge in [-0.15, -0.1) is 0 Å². The quantitative estimate of drug-likeness (QED) is 0.804. The number of carboxylic acid groups (broad SMARTS) is 1. The minimum absolute atomic E-state index is 0.0608. The lowest BCUT2D eigenvalue weighted by Crippen LogP contribution is -2.04. The summed E-state index contributed by atoms with van der Waals surface area (Å²) >= 11 is 0. The molecule has 0 atom stereocenters. The van der Waals surface area contributed by atoms with Crippen LogP contribution in [0.25, 0.3) is 0 Å². The smallest absolute Gasteiger partial charge is 0.342 e. The van der Waals surface area contributed by atoms with E-state index in [4.69, 9.17) is 14.6 Å². The molecular formula is C9H9FO4. The molecule has 0 saturated heterocycles. The van der Waals surface area contributed by atoms with Crippen molar-refractivity contribution in [3.63, 3.8) is 0 Å². The first-order chi connectivity index (χ1) is 6.60. The highest BCUT2D eigenvalue weighted by Crippen LogP contribution is 2.27. The molecule has 0 spiro atoms. The molecule has 0 saturated carbocycles. The summed E-state index contributed by atoms with van der Waals surface area (Å²) < 4.78 is 22.7. The molecule has 0 bridgehead atoms. The van der Waals surface area contributed by atoms with Crippen LogP contribution in [0.4, 0.5) is 4.39 Å². The van der Waals surface area contributed by atoms with Crippen LogP contribution in [0.1, 0.15) is 10.4 Å². The summed E-state index contributed by atoms with van der Waals surface area (Å²) in [6, 6.07) is 2.30. The molecule has 0 amide bonds. The zero-order chi connectivity index (χ0) is 10.7. The summed E-state index contributed by atoms with van der Waals surface area (Å²) in [5, 5.41) is 8.68. The molecule has 0 heterocycles. The zero-order valence-corrected chi connectivity index (χ0v) is 7.70. The molecule has 1 rings (SSSR count). The van der Waals surface area contributed by atoms with Gasteiger partial charge in [0.1, 0.15) is 22.9 Å². The maximum Gasteiger partial charge on any atom is 0.342 e. The number of carbonyl (C=O) groups is 1. The Hall–Kier alpha value is -1.78. The van der Waals surface area contributed by atoms with Crippen molar-refractivity contribution in [3.05, 3.63) is 23.5 Å². The van der Waals surface area contributed by atoms with Gasteiger partial charge in [0.05, 0.1) is 14.2 Å². The lowest BCUT2D eigenvalue weighted by atomic mass is 10.2. The highest BCUT2D eigenvalue weighted by atomic mass is 19.1. The van der Waals surface area contributed by atoms with E-state index in [9.17, 15) is 9.18 Å². The maximum atomic E-state index is 13.2. The summed E-state index contributed by atoms with van der Waals surface area (Å²) in [5.74, 6) is -2.10. The van der Waals surface area contributed by atoms with E-state index < -0.39 is 17.3 Å². The van der Waals surface area contributed by atoms with Gasteiger partial charge in [-0.1, -0.05) is 0 Å². The number of ether oxygens (including phenoxy) is 2. The molecule has 0 unspecified atom stereocenters. The van der Waals surface area contributed by atoms with Crippen LogP contribution in [0.3, 0.4) is 0 Å². The number of benzene rings is 1. The summed E-state index contributed by atoms with van der Waals surface area (Å²) in [5.41, 5.74) is -0.492. The molecule has 1 N–H and O–H groups in total. The molecular weight excluding hydrogens is 191 g/mol. The van der Waals surface area contributed by atoms with E-state index in [1.807, 2.05) is 0 Å². The van der Waals surface area contributed by atoms with E-state index in [0.717, 1.165) is 6.07 Å². The highest BCUT2D eigenvalue weighted by molar-refractivity contribution is 5.91. The van der Waals surface area contributed by atoms with Crippen molar-refractivity contribution < 1.29 is 23.8 Å². The summed E-state index contributed by atoms with van der Waals surface area (Å²) in [6.45, 7) is 0. The molecule has 14 heavy (non-hydrogen) atoms. The first-order valence-corrected chi connectivity index (χ1v) is 3.75. The SMILES string of the molecule is COc1cc(F)c(C(=O)O)c(OC)c1. The Morgan fingerprint density at radius 1 is 1.36 bits per heavy atom. The molecule has 5 heteroatoms. The van der Waals surface area contributed by atoms with Crippen molar-refractivity contribution in [2.24, 2.45) is 0 Å². The Morgan fingerprint density at radius 3 is 2.43 bits per heavy atom. The van der Waals surface area contributed by atoms with Crippen molar-refractivity contribution in [2.75, 3.05) is 14.2 Å². The second kappa shape index (κ2) is 3.95. The van der Waals surface area contributed by atoms with E-state index in [1.165, 1.54) is 20.3 Å². The number of carboxylic acids is 1. The van der Waals surface area contributed by atoms with Gasteiger partial charge in [-0.2, -0.15) is 0 Å². The van der Waals surface area contributed by atoms with Gasteiger partial charge < -0.3 is 14.6 Å². The average molecular weight is 200 g/mol. The normalized spacial score (nSPS) is 9.64. The van der Waals surface area contributed by atoms with E-state index >= 15 is 0 Å². The van der Waals surface area contributed by atoms with Crippen LogP contribution in [-0.4, -0.2) is 25.3 Å². The van der Waals surface area contributed by atoms with Crippen LogP contribution in [0.2, 0.25) is 0 Å². The van der Waals surface area contributed by atoms with Crippen molar-refractivity contribution in [1.82, 2.24) is 0 Å². The van der Waals surface area contributed by atoms with Gasteiger partial charge in [-0.3, -0.25) is 0 Å². The number of aromatic carboxylic acids is 1. The Labute approximate surface area is 79.9 Å². The number of hydrogen-bond donors (Lipinski definition) is 1. The summed E-state index contributed by atoms with van der Waals surface area (Å²) in [6.07, 6.45) is 0. The third-order valence-electron chi connectivity index (χ3n) is 1.70. The number of rotatable bonds is 3. The minimum atomic E-state index is -1.37. The number of methoxy groups -OCH3 is 2. The van der Waals surface area contributed by atoms with Gasteiger partial charge in [-0.05, 0) is 0 Å². The van der Waals surface area contributed by atoms with Gasteiger partial charge >= 0.3 is 5.97 Å². The largest absolute Gasteiger partial charge is 0.497 e. The molecule has 1 aromatic rings. The fraction of sp³-hybridized carbons (Fsp3) is 0.222. The van der Waals surface area contributed by atoms with Gasteiger partial charge in [0.25, 0.3) is 0 Å². The fourth-order valence-corrected chi connectivity index (χ4v) is 1.04. The van der Waals surface area contributed by atoms with Gasteiger partial charge in [0.15, 0.2) is 0 Å². The monoisotopic (exact) mass is 200 g/mol. The molecule has 0 aromatic heterocycles. The second-order valence-corrected chi connectivity index (χ2v) is 2.49. The third kappa shape index (κ3) is 1.76. The maximum absolute atomic E-state index is 13.2. The Balaban J connectivity index is 3.34. The fourth-order valence-electron chi connectivity index (χ4n) is 1.04. The van der Waals surface area contributed by atoms with Crippen LogP contribution >= 0.6 is 0 Å². The van der Waals surface area contributed by atoms with Crippen LogP contribution < -0.4 is 9.47 Å². The van der Waals surface area contributed by atoms with Crippen LogP contribution in [0.5, 0.6) is 11.5 Å². The lowest BCUT2D eigenvalue weighted by Gasteiger charge is -2.08. The Morgan fingerprint density at radius 2 is 2.00 bits per heavy atom. The van der Waals surface area contributed by atoms with Crippen LogP contribution in [0.15, 0.2) is 12.1 Å². The van der Waals surface area contributed by atoms with E-state index in [1.54, 1.807) is 0 Å². The molecule has 4 nitrogen and oxygen atoms in total. The molecule has 0 aliphatic carbocycles. The summed E-state index contributed by atoms with van der Waals surface area (Å²) in [4.78, 5) is 10.6. The first kappa shape index (κ1) is 10.3. The highest BCUT2D eigenvalue weighted by Gasteiger charge is 2.18. The van der Waals surface area contributed by atoms with Gasteiger partial charge in [0.2, 0.25) is 0 Å². The standard InChI is InChI=1S/C9H9FO4/c1-13-5-3-6(10)8(9(11)12)7(4-5)14-2/h3-4H,1-2H3,(H,11,12). The molecule has 0 fully saturated rings. The van der Waals surface area contributed by atoms with Crippen molar-refractivity contribution >= 4 is 5.97 Å². The predicted molar refractivity (Wildman–Crippen MR) is 46.5 cm³/mol. The molecule has 1 aromatic carbocycles. The molecule has 76 valence electrons. The van der Waals surface area contributed by atoms with Gasteiger partial charge in [0, 0.05) is 12.1 Å². The van der Waals surface area contributed by atoms with E-state index in [2.05, 4.69) is 0 Å².